The van der Waals surface area contributed by atoms with Crippen LogP contribution in [0.1, 0.15) is 40.7 Å². The highest BCUT2D eigenvalue weighted by molar-refractivity contribution is 6.27. The lowest BCUT2D eigenvalue weighted by Gasteiger charge is -2.32. The molecule has 8 heteroatoms. The molecule has 3 aromatic rings. The molecule has 0 atom stereocenters. The van der Waals surface area contributed by atoms with Gasteiger partial charge in [0.1, 0.15) is 5.82 Å². The van der Waals surface area contributed by atoms with Gasteiger partial charge >= 0.3 is 11.9 Å². The lowest BCUT2D eigenvalue weighted by Crippen LogP contribution is -2.37. The second-order valence-corrected chi connectivity index (χ2v) is 9.86. The molecule has 2 heterocycles. The zero-order valence-electron chi connectivity index (χ0n) is 21.8. The van der Waals surface area contributed by atoms with Crippen molar-refractivity contribution < 1.29 is 29.0 Å². The fourth-order valence-corrected chi connectivity index (χ4v) is 5.33. The molecule has 0 spiro atoms. The molecule has 3 aromatic carbocycles. The fraction of sp³-hybridized carbons (Fsp3) is 0.323. The van der Waals surface area contributed by atoms with Crippen LogP contribution >= 0.6 is 0 Å². The van der Waals surface area contributed by atoms with Crippen molar-refractivity contribution in [2.45, 2.75) is 32.1 Å². The number of carboxylic acid groups (broad SMARTS) is 2. The third-order valence-electron chi connectivity index (χ3n) is 7.35. The van der Waals surface area contributed by atoms with Gasteiger partial charge < -0.3 is 20.0 Å². The first-order valence-electron chi connectivity index (χ1n) is 13.2. The van der Waals surface area contributed by atoms with Crippen LogP contribution in [0.2, 0.25) is 0 Å². The molecule has 0 unspecified atom stereocenters. The van der Waals surface area contributed by atoms with Gasteiger partial charge in [-0.3, -0.25) is 4.79 Å². The van der Waals surface area contributed by atoms with Gasteiger partial charge in [0.2, 0.25) is 0 Å². The van der Waals surface area contributed by atoms with Crippen molar-refractivity contribution in [1.82, 2.24) is 4.90 Å². The minimum absolute atomic E-state index is 0.0519. The zero-order valence-corrected chi connectivity index (χ0v) is 21.8. The maximum atomic E-state index is 13.2. The standard InChI is InChI=1S/C29H31FN2O.C2H2O4/c30-26-14-12-24(13-15-26)29(33)25-16-20-31(21-17-25)18-5-19-32-27-8-3-1-6-22(27)10-11-23-7-2-4-9-28(23)32;3-1(4)2(5)6/h1-4,6-9,12-15,25H,5,10-11,16-21H2;(H,3,4)(H,5,6). The topological polar surface area (TPSA) is 98.1 Å². The Hall–Kier alpha value is -4.04. The van der Waals surface area contributed by atoms with Crippen molar-refractivity contribution in [3.05, 3.63) is 95.3 Å². The highest BCUT2D eigenvalue weighted by Gasteiger charge is 2.26. The number of benzene rings is 3. The number of anilines is 2. The predicted octanol–water partition coefficient (Wildman–Crippen LogP) is 5.20. The maximum absolute atomic E-state index is 13.2. The van der Waals surface area contributed by atoms with E-state index in [-0.39, 0.29) is 17.5 Å². The highest BCUT2D eigenvalue weighted by atomic mass is 19.1. The van der Waals surface area contributed by atoms with E-state index in [1.165, 1.54) is 34.6 Å². The van der Waals surface area contributed by atoms with Crippen molar-refractivity contribution in [2.75, 3.05) is 31.1 Å². The van der Waals surface area contributed by atoms with Crippen LogP contribution in [0.5, 0.6) is 0 Å². The van der Waals surface area contributed by atoms with Crippen molar-refractivity contribution in [2.24, 2.45) is 5.92 Å². The minimum Gasteiger partial charge on any atom is -0.473 e. The van der Waals surface area contributed by atoms with Crippen molar-refractivity contribution >= 4 is 29.1 Å². The first kappa shape index (κ1) is 28.0. The number of carbonyl (C=O) groups is 3. The Balaban J connectivity index is 0.000000531. The number of likely N-dealkylation sites (tertiary alicyclic amines) is 1. The van der Waals surface area contributed by atoms with Crippen LogP contribution in [-0.2, 0) is 22.4 Å². The molecule has 39 heavy (non-hydrogen) atoms. The number of Topliss-reactive ketones (excluding diaryl/α,β-unsaturated/α-hetero) is 1. The van der Waals surface area contributed by atoms with Gasteiger partial charge in [-0.15, -0.1) is 0 Å². The molecule has 0 aromatic heterocycles. The number of para-hydroxylation sites is 2. The number of aliphatic carboxylic acids is 2. The number of fused-ring (bicyclic) bond motifs is 2. The van der Waals surface area contributed by atoms with Gasteiger partial charge in [-0.05, 0) is 99.3 Å². The number of rotatable bonds is 6. The zero-order chi connectivity index (χ0) is 27.8. The average molecular weight is 533 g/mol. The van der Waals surface area contributed by atoms with E-state index in [2.05, 4.69) is 58.3 Å². The molecule has 2 aliphatic rings. The summed E-state index contributed by atoms with van der Waals surface area (Å²) in [6.45, 7) is 3.93. The molecule has 0 aliphatic carbocycles. The van der Waals surface area contributed by atoms with E-state index < -0.39 is 11.9 Å². The Morgan fingerprint density at radius 3 is 1.77 bits per heavy atom. The second kappa shape index (κ2) is 13.2. The second-order valence-electron chi connectivity index (χ2n) is 9.86. The quantitative estimate of drug-likeness (QED) is 0.333. The van der Waals surface area contributed by atoms with Gasteiger partial charge in [0.05, 0.1) is 0 Å². The van der Waals surface area contributed by atoms with Crippen LogP contribution in [0.15, 0.2) is 72.8 Å². The van der Waals surface area contributed by atoms with E-state index in [0.717, 1.165) is 58.3 Å². The number of carbonyl (C=O) groups excluding carboxylic acids is 1. The number of carboxylic acids is 2. The van der Waals surface area contributed by atoms with Gasteiger partial charge in [0.15, 0.2) is 5.78 Å². The van der Waals surface area contributed by atoms with Gasteiger partial charge in [0, 0.05) is 29.4 Å². The average Bonchev–Trinajstić information content (AvgIpc) is 3.11. The SMILES string of the molecule is O=C(O)C(=O)O.O=C(c1ccc(F)cc1)C1CCN(CCCN2c3ccccc3CCc3ccccc32)CC1. The molecule has 1 fully saturated rings. The molecular weight excluding hydrogens is 499 g/mol. The molecule has 5 rings (SSSR count). The third-order valence-corrected chi connectivity index (χ3v) is 7.35. The molecular formula is C31H33FN2O5. The van der Waals surface area contributed by atoms with Gasteiger partial charge in [-0.1, -0.05) is 36.4 Å². The normalized spacial score (nSPS) is 15.3. The summed E-state index contributed by atoms with van der Waals surface area (Å²) in [7, 11) is 0. The van der Waals surface area contributed by atoms with Crippen LogP contribution in [-0.4, -0.2) is 59.0 Å². The summed E-state index contributed by atoms with van der Waals surface area (Å²) >= 11 is 0. The summed E-state index contributed by atoms with van der Waals surface area (Å²) in [5, 5.41) is 14.8. The van der Waals surface area contributed by atoms with E-state index in [1.54, 1.807) is 12.1 Å². The molecule has 1 saturated heterocycles. The van der Waals surface area contributed by atoms with Crippen molar-refractivity contribution in [1.29, 1.82) is 0 Å². The van der Waals surface area contributed by atoms with E-state index in [4.69, 9.17) is 19.8 Å². The molecule has 204 valence electrons. The molecule has 2 aliphatic heterocycles. The van der Waals surface area contributed by atoms with Crippen LogP contribution < -0.4 is 4.90 Å². The smallest absolute Gasteiger partial charge is 0.414 e. The van der Waals surface area contributed by atoms with E-state index in [1.807, 2.05) is 0 Å². The minimum atomic E-state index is -1.82. The summed E-state index contributed by atoms with van der Waals surface area (Å²) < 4.78 is 13.2. The number of ketones is 1. The molecule has 0 amide bonds. The highest BCUT2D eigenvalue weighted by Crippen LogP contribution is 2.36. The summed E-state index contributed by atoms with van der Waals surface area (Å²) in [6.07, 6.45) is 5.01. The van der Waals surface area contributed by atoms with Gasteiger partial charge in [-0.25, -0.2) is 14.0 Å². The monoisotopic (exact) mass is 532 g/mol. The Morgan fingerprint density at radius 1 is 0.744 bits per heavy atom. The van der Waals surface area contributed by atoms with Crippen molar-refractivity contribution in [3.8, 4) is 0 Å². The lowest BCUT2D eigenvalue weighted by atomic mass is 9.89. The predicted molar refractivity (Wildman–Crippen MR) is 147 cm³/mol. The molecule has 0 saturated carbocycles. The number of hydrogen-bond donors (Lipinski definition) is 2. The summed E-state index contributed by atoms with van der Waals surface area (Å²) in [4.78, 5) is 35.9. The molecule has 2 N–H and O–H groups in total. The van der Waals surface area contributed by atoms with E-state index >= 15 is 0 Å². The summed E-state index contributed by atoms with van der Waals surface area (Å²) in [5.41, 5.74) is 6.16. The number of halogens is 1. The van der Waals surface area contributed by atoms with Crippen molar-refractivity contribution in [3.63, 3.8) is 0 Å². The number of piperidine rings is 1. The Bertz CT molecular complexity index is 1240. The van der Waals surface area contributed by atoms with E-state index in [0.29, 0.717) is 5.56 Å². The van der Waals surface area contributed by atoms with E-state index in [9.17, 15) is 9.18 Å². The largest absolute Gasteiger partial charge is 0.473 e. The summed E-state index contributed by atoms with van der Waals surface area (Å²) in [6, 6.07) is 23.6. The molecule has 7 nitrogen and oxygen atoms in total. The lowest BCUT2D eigenvalue weighted by molar-refractivity contribution is -0.159. The maximum Gasteiger partial charge on any atom is 0.414 e. The fourth-order valence-electron chi connectivity index (χ4n) is 5.33. The van der Waals surface area contributed by atoms with Gasteiger partial charge in [-0.2, -0.15) is 0 Å². The number of aryl methyl sites for hydroxylation is 2. The first-order chi connectivity index (χ1) is 18.8. The van der Waals surface area contributed by atoms with Crippen LogP contribution in [0, 0.1) is 11.7 Å². The summed E-state index contributed by atoms with van der Waals surface area (Å²) in [5.74, 6) is -3.73. The Morgan fingerprint density at radius 2 is 1.26 bits per heavy atom. The van der Waals surface area contributed by atoms with Crippen LogP contribution in [0.25, 0.3) is 0 Å². The Kier molecular flexibility index (Phi) is 9.44. The third kappa shape index (κ3) is 7.29. The first-order valence-corrected chi connectivity index (χ1v) is 13.2. The Labute approximate surface area is 227 Å². The van der Waals surface area contributed by atoms with Crippen LogP contribution in [0.3, 0.4) is 0 Å². The van der Waals surface area contributed by atoms with Crippen LogP contribution in [0.4, 0.5) is 15.8 Å². The van der Waals surface area contributed by atoms with Gasteiger partial charge in [0.25, 0.3) is 0 Å². The molecule has 0 radical (unpaired) electrons. The number of nitrogens with zero attached hydrogens (tertiary/aromatic N) is 2. The number of hydrogen-bond acceptors (Lipinski definition) is 5. The molecule has 0 bridgehead atoms.